The number of carbonyl (C=O) groups is 2. The second-order valence-corrected chi connectivity index (χ2v) is 9.82. The number of hydrogen-bond donors (Lipinski definition) is 2. The Morgan fingerprint density at radius 3 is 2.59 bits per heavy atom. The smallest absolute Gasteiger partial charge is 0.242 e. The van der Waals surface area contributed by atoms with Crippen LogP contribution in [0.5, 0.6) is 0 Å². The van der Waals surface area contributed by atoms with Crippen LogP contribution in [-0.2, 0) is 20.9 Å². The lowest BCUT2D eigenvalue weighted by Gasteiger charge is -2.42. The summed E-state index contributed by atoms with van der Waals surface area (Å²) >= 11 is 0. The molecule has 2 heterocycles. The largest absolute Gasteiger partial charge is 0.381 e. The van der Waals surface area contributed by atoms with Crippen molar-refractivity contribution in [1.82, 2.24) is 15.5 Å². The van der Waals surface area contributed by atoms with Gasteiger partial charge < -0.3 is 15.4 Å². The van der Waals surface area contributed by atoms with Crippen molar-refractivity contribution in [3.63, 3.8) is 0 Å². The number of piperidine rings is 1. The van der Waals surface area contributed by atoms with Crippen LogP contribution in [0.1, 0.15) is 64.4 Å². The fraction of sp³-hybridized carbons (Fsp3) is 0.692. The molecule has 0 bridgehead atoms. The molecule has 2 atom stereocenters. The highest BCUT2D eigenvalue weighted by molar-refractivity contribution is 5.90. The molecule has 2 N–H and O–H groups in total. The SMILES string of the molecule is CC[C@H](C)[C@@H]1NC(=O)C2(CCCCOCCCNC1=O)CCN(Cc1cccc(F)c1F)CC2. The van der Waals surface area contributed by atoms with Gasteiger partial charge in [-0.15, -0.1) is 0 Å². The van der Waals surface area contributed by atoms with Crippen LogP contribution in [-0.4, -0.2) is 55.6 Å². The number of likely N-dealkylation sites (tertiary alicyclic amines) is 1. The predicted octanol–water partition coefficient (Wildman–Crippen LogP) is 3.78. The highest BCUT2D eigenvalue weighted by atomic mass is 19.2. The number of hydrogen-bond acceptors (Lipinski definition) is 4. The molecule has 34 heavy (non-hydrogen) atoms. The first-order valence-electron chi connectivity index (χ1n) is 12.7. The fourth-order valence-electron chi connectivity index (χ4n) is 4.90. The third-order valence-corrected chi connectivity index (χ3v) is 7.46. The second kappa shape index (κ2) is 12.6. The van der Waals surface area contributed by atoms with E-state index in [2.05, 4.69) is 15.5 Å². The summed E-state index contributed by atoms with van der Waals surface area (Å²) in [5, 5.41) is 6.05. The summed E-state index contributed by atoms with van der Waals surface area (Å²) in [5.41, 5.74) is -0.246. The summed E-state index contributed by atoms with van der Waals surface area (Å²) in [6.45, 7) is 7.32. The fourth-order valence-corrected chi connectivity index (χ4v) is 4.90. The lowest BCUT2D eigenvalue weighted by Crippen LogP contribution is -2.56. The van der Waals surface area contributed by atoms with Gasteiger partial charge in [-0.05, 0) is 57.2 Å². The van der Waals surface area contributed by atoms with Gasteiger partial charge in [-0.3, -0.25) is 14.5 Å². The van der Waals surface area contributed by atoms with E-state index in [1.807, 2.05) is 13.8 Å². The first kappa shape index (κ1) is 26.5. The van der Waals surface area contributed by atoms with Crippen molar-refractivity contribution in [2.75, 3.05) is 32.8 Å². The molecule has 3 rings (SSSR count). The first-order chi connectivity index (χ1) is 16.4. The highest BCUT2D eigenvalue weighted by Crippen LogP contribution is 2.38. The highest BCUT2D eigenvalue weighted by Gasteiger charge is 2.42. The second-order valence-electron chi connectivity index (χ2n) is 9.82. The van der Waals surface area contributed by atoms with Crippen LogP contribution in [0.25, 0.3) is 0 Å². The summed E-state index contributed by atoms with van der Waals surface area (Å²) in [4.78, 5) is 28.6. The van der Waals surface area contributed by atoms with E-state index in [1.165, 1.54) is 6.07 Å². The summed E-state index contributed by atoms with van der Waals surface area (Å²) in [6, 6.07) is 3.67. The minimum atomic E-state index is -0.840. The molecule has 0 unspecified atom stereocenters. The number of ether oxygens (including phenoxy) is 1. The van der Waals surface area contributed by atoms with E-state index in [4.69, 9.17) is 4.74 Å². The van der Waals surface area contributed by atoms with Crippen LogP contribution < -0.4 is 10.6 Å². The molecule has 2 amide bonds. The van der Waals surface area contributed by atoms with Crippen LogP contribution in [0.2, 0.25) is 0 Å². The molecule has 1 aromatic carbocycles. The van der Waals surface area contributed by atoms with Crippen LogP contribution in [0.3, 0.4) is 0 Å². The normalized spacial score (nSPS) is 24.2. The van der Waals surface area contributed by atoms with Gasteiger partial charge in [-0.1, -0.05) is 38.8 Å². The number of nitrogens with one attached hydrogen (secondary N) is 2. The first-order valence-corrected chi connectivity index (χ1v) is 12.7. The molecule has 2 aliphatic heterocycles. The number of halogens is 2. The third kappa shape index (κ3) is 6.75. The van der Waals surface area contributed by atoms with Gasteiger partial charge in [0, 0.05) is 31.9 Å². The molecule has 0 radical (unpaired) electrons. The Bertz CT molecular complexity index is 828. The Morgan fingerprint density at radius 1 is 1.12 bits per heavy atom. The van der Waals surface area contributed by atoms with Gasteiger partial charge in [0.05, 0.1) is 5.41 Å². The van der Waals surface area contributed by atoms with Gasteiger partial charge in [0.15, 0.2) is 11.6 Å². The van der Waals surface area contributed by atoms with Crippen molar-refractivity contribution in [2.24, 2.45) is 11.3 Å². The van der Waals surface area contributed by atoms with E-state index in [9.17, 15) is 18.4 Å². The molecule has 2 saturated heterocycles. The zero-order valence-corrected chi connectivity index (χ0v) is 20.5. The van der Waals surface area contributed by atoms with Crippen molar-refractivity contribution in [3.05, 3.63) is 35.4 Å². The number of rotatable bonds is 4. The van der Waals surface area contributed by atoms with Crippen molar-refractivity contribution in [2.45, 2.75) is 71.4 Å². The standard InChI is InChI=1S/C26H39F2N3O3/c1-3-19(2)23-24(32)29-13-7-17-34-16-5-4-10-26(25(33)30-23)11-14-31(15-12-26)18-20-8-6-9-21(27)22(20)28/h6,8-9,19,23H,3-5,7,10-18H2,1-2H3,(H,29,32)(H,30,33)/t19-,23-/m0/s1. The molecule has 190 valence electrons. The Kier molecular flexibility index (Phi) is 9.83. The zero-order chi connectivity index (χ0) is 24.6. The molecule has 2 fully saturated rings. The maximum atomic E-state index is 14.2. The maximum absolute atomic E-state index is 14.2. The minimum absolute atomic E-state index is 0.0150. The van der Waals surface area contributed by atoms with Crippen molar-refractivity contribution >= 4 is 11.8 Å². The van der Waals surface area contributed by atoms with Crippen molar-refractivity contribution in [3.8, 4) is 0 Å². The number of nitrogens with zero attached hydrogens (tertiary/aromatic N) is 1. The van der Waals surface area contributed by atoms with E-state index < -0.39 is 23.1 Å². The molecule has 0 aromatic heterocycles. The van der Waals surface area contributed by atoms with Crippen molar-refractivity contribution in [1.29, 1.82) is 0 Å². The van der Waals surface area contributed by atoms with Gasteiger partial charge in [0.25, 0.3) is 0 Å². The van der Waals surface area contributed by atoms with Crippen molar-refractivity contribution < 1.29 is 23.1 Å². The topological polar surface area (TPSA) is 70.7 Å². The molecular weight excluding hydrogens is 440 g/mol. The van der Waals surface area contributed by atoms with E-state index in [0.29, 0.717) is 57.8 Å². The number of amides is 2. The maximum Gasteiger partial charge on any atom is 0.242 e. The lowest BCUT2D eigenvalue weighted by molar-refractivity contribution is -0.139. The molecule has 0 aliphatic carbocycles. The van der Waals surface area contributed by atoms with Gasteiger partial charge in [0.2, 0.25) is 11.8 Å². The van der Waals surface area contributed by atoms with Crippen LogP contribution in [0.4, 0.5) is 8.78 Å². The Balaban J connectivity index is 1.73. The van der Waals surface area contributed by atoms with E-state index in [-0.39, 0.29) is 17.7 Å². The summed E-state index contributed by atoms with van der Waals surface area (Å²) < 4.78 is 33.5. The summed E-state index contributed by atoms with van der Waals surface area (Å²) in [6.07, 6.45) is 5.23. The van der Waals surface area contributed by atoms with Gasteiger partial charge in [-0.25, -0.2) is 8.78 Å². The Morgan fingerprint density at radius 2 is 1.85 bits per heavy atom. The molecule has 1 aromatic rings. The van der Waals surface area contributed by atoms with Crippen LogP contribution >= 0.6 is 0 Å². The van der Waals surface area contributed by atoms with Crippen LogP contribution in [0, 0.1) is 23.0 Å². The molecule has 8 heteroatoms. The summed E-state index contributed by atoms with van der Waals surface area (Å²) in [5.74, 6) is -1.84. The van der Waals surface area contributed by atoms with E-state index in [0.717, 1.165) is 38.2 Å². The third-order valence-electron chi connectivity index (χ3n) is 7.46. The molecule has 2 aliphatic rings. The molecule has 6 nitrogen and oxygen atoms in total. The Labute approximate surface area is 201 Å². The molecular formula is C26H39F2N3O3. The van der Waals surface area contributed by atoms with Gasteiger partial charge in [0.1, 0.15) is 6.04 Å². The molecule has 1 spiro atoms. The predicted molar refractivity (Wildman–Crippen MR) is 127 cm³/mol. The zero-order valence-electron chi connectivity index (χ0n) is 20.5. The lowest BCUT2D eigenvalue weighted by atomic mass is 9.73. The quantitative estimate of drug-likeness (QED) is 0.690. The van der Waals surface area contributed by atoms with Crippen LogP contribution in [0.15, 0.2) is 18.2 Å². The molecule has 0 saturated carbocycles. The average Bonchev–Trinajstić information content (AvgIpc) is 2.84. The van der Waals surface area contributed by atoms with Gasteiger partial charge >= 0.3 is 0 Å². The number of benzene rings is 1. The summed E-state index contributed by atoms with van der Waals surface area (Å²) in [7, 11) is 0. The van der Waals surface area contributed by atoms with E-state index in [1.54, 1.807) is 6.07 Å². The Hall–Kier alpha value is -2.06. The monoisotopic (exact) mass is 479 g/mol. The number of carbonyl (C=O) groups excluding carboxylic acids is 2. The minimum Gasteiger partial charge on any atom is -0.381 e. The average molecular weight is 480 g/mol. The van der Waals surface area contributed by atoms with Gasteiger partial charge in [-0.2, -0.15) is 0 Å². The van der Waals surface area contributed by atoms with E-state index >= 15 is 0 Å².